The third-order valence-electron chi connectivity index (χ3n) is 4.33. The summed E-state index contributed by atoms with van der Waals surface area (Å²) in [4.78, 5) is 3.62. The highest BCUT2D eigenvalue weighted by atomic mass is 35.5. The highest BCUT2D eigenvalue weighted by Crippen LogP contribution is 2.39. The average molecular weight is 302 g/mol. The Kier molecular flexibility index (Phi) is 5.29. The molecule has 1 aromatic rings. The zero-order valence-corrected chi connectivity index (χ0v) is 13.4. The van der Waals surface area contributed by atoms with E-state index < -0.39 is 0 Å². The minimum atomic E-state index is 0.113. The number of nitrogens with zero attached hydrogens (tertiary/aromatic N) is 1. The smallest absolute Gasteiger partial charge is 0.0931 e. The fourth-order valence-corrected chi connectivity index (χ4v) is 4.24. The molecule has 0 aromatic carbocycles. The second-order valence-electron chi connectivity index (χ2n) is 6.22. The molecule has 0 spiro atoms. The van der Waals surface area contributed by atoms with Crippen LogP contribution in [0.25, 0.3) is 0 Å². The summed E-state index contributed by atoms with van der Waals surface area (Å²) >= 11 is 7.61. The van der Waals surface area contributed by atoms with E-state index in [1.54, 1.807) is 11.3 Å². The van der Waals surface area contributed by atoms with Crippen LogP contribution >= 0.6 is 22.9 Å². The second kappa shape index (κ2) is 6.57. The van der Waals surface area contributed by atoms with Crippen molar-refractivity contribution in [1.82, 2.24) is 4.90 Å². The van der Waals surface area contributed by atoms with Gasteiger partial charge < -0.3 is 10.0 Å². The van der Waals surface area contributed by atoms with Crippen LogP contribution in [0.4, 0.5) is 0 Å². The van der Waals surface area contributed by atoms with Crippen LogP contribution in [0.2, 0.25) is 4.34 Å². The largest absolute Gasteiger partial charge is 0.396 e. The predicted octanol–water partition coefficient (Wildman–Crippen LogP) is 4.02. The fraction of sp³-hybridized carbons (Fsp3) is 0.733. The first-order chi connectivity index (χ1) is 9.03. The first kappa shape index (κ1) is 15.3. The molecule has 0 unspecified atom stereocenters. The van der Waals surface area contributed by atoms with Crippen LogP contribution in [-0.4, -0.2) is 30.2 Å². The van der Waals surface area contributed by atoms with Crippen molar-refractivity contribution in [3.8, 4) is 0 Å². The van der Waals surface area contributed by atoms with E-state index in [9.17, 15) is 5.11 Å². The average Bonchev–Trinajstić information content (AvgIpc) is 2.78. The van der Waals surface area contributed by atoms with Gasteiger partial charge in [-0.15, -0.1) is 11.3 Å². The Bertz CT molecular complexity index is 399. The molecule has 19 heavy (non-hydrogen) atoms. The molecule has 0 aliphatic heterocycles. The summed E-state index contributed by atoms with van der Waals surface area (Å²) in [6.07, 6.45) is 4.80. The Morgan fingerprint density at radius 1 is 1.42 bits per heavy atom. The Labute approximate surface area is 125 Å². The van der Waals surface area contributed by atoms with Gasteiger partial charge in [0.25, 0.3) is 0 Å². The van der Waals surface area contributed by atoms with Crippen molar-refractivity contribution in [2.24, 2.45) is 11.3 Å². The maximum Gasteiger partial charge on any atom is 0.0931 e. The van der Waals surface area contributed by atoms with Crippen LogP contribution in [0, 0.1) is 11.3 Å². The molecular weight excluding hydrogens is 278 g/mol. The Hall–Kier alpha value is -0.0900. The van der Waals surface area contributed by atoms with Crippen LogP contribution in [0.3, 0.4) is 0 Å². The molecule has 0 atom stereocenters. The van der Waals surface area contributed by atoms with Gasteiger partial charge in [-0.25, -0.2) is 0 Å². The van der Waals surface area contributed by atoms with Crippen molar-refractivity contribution in [2.45, 2.75) is 39.2 Å². The van der Waals surface area contributed by atoms with Gasteiger partial charge >= 0.3 is 0 Å². The molecule has 2 rings (SSSR count). The van der Waals surface area contributed by atoms with E-state index in [2.05, 4.69) is 24.9 Å². The third-order valence-corrected chi connectivity index (χ3v) is 5.55. The van der Waals surface area contributed by atoms with Crippen LogP contribution in [0.15, 0.2) is 12.1 Å². The highest BCUT2D eigenvalue weighted by molar-refractivity contribution is 7.16. The molecule has 108 valence electrons. The topological polar surface area (TPSA) is 23.5 Å². The Morgan fingerprint density at radius 3 is 2.63 bits per heavy atom. The molecule has 1 aromatic heterocycles. The summed E-state index contributed by atoms with van der Waals surface area (Å²) in [7, 11) is 2.14. The van der Waals surface area contributed by atoms with Crippen molar-refractivity contribution in [3.63, 3.8) is 0 Å². The van der Waals surface area contributed by atoms with E-state index in [4.69, 9.17) is 11.6 Å². The van der Waals surface area contributed by atoms with Crippen molar-refractivity contribution >= 4 is 22.9 Å². The molecule has 0 radical (unpaired) electrons. The maximum atomic E-state index is 9.80. The van der Waals surface area contributed by atoms with Gasteiger partial charge in [-0.2, -0.15) is 0 Å². The fourth-order valence-electron chi connectivity index (χ4n) is 3.07. The number of hydrogen-bond donors (Lipinski definition) is 1. The number of hydrogen-bond acceptors (Lipinski definition) is 3. The lowest BCUT2D eigenvalue weighted by Crippen LogP contribution is -2.40. The summed E-state index contributed by atoms with van der Waals surface area (Å²) in [5.41, 5.74) is 0.113. The molecule has 2 nitrogen and oxygen atoms in total. The van der Waals surface area contributed by atoms with E-state index in [-0.39, 0.29) is 5.41 Å². The van der Waals surface area contributed by atoms with Gasteiger partial charge in [0.2, 0.25) is 0 Å². The normalized spacial score (nSPS) is 27.9. The summed E-state index contributed by atoms with van der Waals surface area (Å²) < 4.78 is 0.853. The van der Waals surface area contributed by atoms with Gasteiger partial charge in [0.05, 0.1) is 4.34 Å². The number of thiophene rings is 1. The van der Waals surface area contributed by atoms with Crippen LogP contribution in [-0.2, 0) is 6.54 Å². The molecule has 0 bridgehead atoms. The van der Waals surface area contributed by atoms with Crippen LogP contribution in [0.1, 0.15) is 37.5 Å². The zero-order valence-electron chi connectivity index (χ0n) is 11.9. The molecule has 1 saturated carbocycles. The van der Waals surface area contributed by atoms with Crippen LogP contribution in [0.5, 0.6) is 0 Å². The van der Waals surface area contributed by atoms with Gasteiger partial charge in [-0.3, -0.25) is 0 Å². The molecule has 4 heteroatoms. The van der Waals surface area contributed by atoms with Crippen LogP contribution < -0.4 is 0 Å². The first-order valence-corrected chi connectivity index (χ1v) is 8.26. The zero-order chi connectivity index (χ0) is 13.9. The van der Waals surface area contributed by atoms with E-state index >= 15 is 0 Å². The molecular formula is C15H24ClNOS. The maximum absolute atomic E-state index is 9.80. The number of aliphatic hydroxyl groups excluding tert-OH is 1. The molecule has 0 saturated heterocycles. The number of aliphatic hydroxyl groups is 1. The van der Waals surface area contributed by atoms with Gasteiger partial charge in [0, 0.05) is 30.0 Å². The lowest BCUT2D eigenvalue weighted by molar-refractivity contribution is 0.0349. The summed E-state index contributed by atoms with van der Waals surface area (Å²) in [5.74, 6) is 0.820. The van der Waals surface area contributed by atoms with E-state index in [1.807, 2.05) is 6.07 Å². The summed E-state index contributed by atoms with van der Waals surface area (Å²) in [6.45, 7) is 4.54. The number of halogens is 1. The second-order valence-corrected chi connectivity index (χ2v) is 8.02. The Morgan fingerprint density at radius 2 is 2.11 bits per heavy atom. The SMILES string of the molecule is CC1CCC(CO)(CN(C)Cc2ccc(Cl)s2)CC1. The number of rotatable bonds is 5. The summed E-state index contributed by atoms with van der Waals surface area (Å²) in [6, 6.07) is 4.05. The predicted molar refractivity (Wildman–Crippen MR) is 82.8 cm³/mol. The molecule has 1 aliphatic rings. The van der Waals surface area contributed by atoms with Crippen molar-refractivity contribution in [1.29, 1.82) is 0 Å². The molecule has 1 heterocycles. The van der Waals surface area contributed by atoms with Gasteiger partial charge in [-0.05, 0) is 37.9 Å². The van der Waals surface area contributed by atoms with E-state index in [1.165, 1.54) is 17.7 Å². The van der Waals surface area contributed by atoms with Gasteiger partial charge in [-0.1, -0.05) is 31.4 Å². The van der Waals surface area contributed by atoms with E-state index in [0.717, 1.165) is 36.2 Å². The van der Waals surface area contributed by atoms with Crippen molar-refractivity contribution in [3.05, 3.63) is 21.3 Å². The summed E-state index contributed by atoms with van der Waals surface area (Å²) in [5, 5.41) is 9.80. The van der Waals surface area contributed by atoms with E-state index in [0.29, 0.717) is 6.61 Å². The molecule has 1 aliphatic carbocycles. The molecule has 1 N–H and O–H groups in total. The molecule has 0 amide bonds. The lowest BCUT2D eigenvalue weighted by Gasteiger charge is -2.40. The highest BCUT2D eigenvalue weighted by Gasteiger charge is 2.34. The minimum absolute atomic E-state index is 0.113. The Balaban J connectivity index is 1.90. The monoisotopic (exact) mass is 301 g/mol. The van der Waals surface area contributed by atoms with Gasteiger partial charge in [0.1, 0.15) is 0 Å². The first-order valence-electron chi connectivity index (χ1n) is 7.07. The minimum Gasteiger partial charge on any atom is -0.396 e. The standard InChI is InChI=1S/C15H24ClNOS/c1-12-5-7-15(11-18,8-6-12)10-17(2)9-13-3-4-14(16)19-13/h3-4,12,18H,5-11H2,1-2H3. The lowest BCUT2D eigenvalue weighted by atomic mass is 9.71. The van der Waals surface area contributed by atoms with Gasteiger partial charge in [0.15, 0.2) is 0 Å². The molecule has 1 fully saturated rings. The quantitative estimate of drug-likeness (QED) is 0.888. The third kappa shape index (κ3) is 4.19. The van der Waals surface area contributed by atoms with Crippen molar-refractivity contribution < 1.29 is 5.11 Å². The van der Waals surface area contributed by atoms with Crippen molar-refractivity contribution in [2.75, 3.05) is 20.2 Å².